The van der Waals surface area contributed by atoms with E-state index in [4.69, 9.17) is 4.74 Å². The molecular formula is C20H18N2O3S. The molecule has 0 bridgehead atoms. The third-order valence-corrected chi connectivity index (χ3v) is 4.54. The molecule has 1 N–H and O–H groups in total. The van der Waals surface area contributed by atoms with Crippen LogP contribution >= 0.6 is 11.8 Å². The van der Waals surface area contributed by atoms with Crippen LogP contribution in [0.4, 0.5) is 5.69 Å². The Morgan fingerprint density at radius 3 is 2.46 bits per heavy atom. The largest absolute Gasteiger partial charge is 0.618 e. The van der Waals surface area contributed by atoms with Crippen LogP contribution in [0.5, 0.6) is 5.75 Å². The normalized spacial score (nSPS) is 10.3. The van der Waals surface area contributed by atoms with Crippen LogP contribution in [-0.2, 0) is 11.4 Å². The Labute approximate surface area is 156 Å². The number of anilines is 1. The summed E-state index contributed by atoms with van der Waals surface area (Å²) in [6.07, 6.45) is 1.41. The number of benzene rings is 2. The number of nitrogens with zero attached hydrogens (tertiary/aromatic N) is 1. The Morgan fingerprint density at radius 1 is 1.00 bits per heavy atom. The molecule has 3 rings (SSSR count). The number of nitrogens with one attached hydrogen (secondary N) is 1. The number of carbonyl (C=O) groups excluding carboxylic acids is 1. The lowest BCUT2D eigenvalue weighted by atomic mass is 10.2. The van der Waals surface area contributed by atoms with Crippen LogP contribution in [0, 0.1) is 5.21 Å². The van der Waals surface area contributed by atoms with E-state index in [2.05, 4.69) is 5.32 Å². The molecule has 0 aliphatic heterocycles. The second-order valence-corrected chi connectivity index (χ2v) is 6.50. The van der Waals surface area contributed by atoms with Crippen molar-refractivity contribution in [2.24, 2.45) is 0 Å². The van der Waals surface area contributed by atoms with Gasteiger partial charge < -0.3 is 15.3 Å². The Morgan fingerprint density at radius 2 is 1.73 bits per heavy atom. The molecule has 0 saturated heterocycles. The van der Waals surface area contributed by atoms with E-state index in [1.165, 1.54) is 18.0 Å². The topological polar surface area (TPSA) is 65.3 Å². The van der Waals surface area contributed by atoms with Crippen molar-refractivity contribution in [2.75, 3.05) is 11.1 Å². The molecule has 1 aromatic heterocycles. The van der Waals surface area contributed by atoms with Gasteiger partial charge in [-0.15, -0.1) is 0 Å². The molecule has 0 fully saturated rings. The molecule has 0 radical (unpaired) electrons. The van der Waals surface area contributed by atoms with Crippen molar-refractivity contribution in [1.29, 1.82) is 0 Å². The Balaban J connectivity index is 1.47. The number of ether oxygens (including phenoxy) is 1. The number of carbonyl (C=O) groups is 1. The van der Waals surface area contributed by atoms with Gasteiger partial charge in [-0.05, 0) is 47.7 Å². The number of pyridine rings is 1. The number of rotatable bonds is 7. The predicted molar refractivity (Wildman–Crippen MR) is 102 cm³/mol. The number of thioether (sulfide) groups is 1. The summed E-state index contributed by atoms with van der Waals surface area (Å²) in [5, 5.41) is 14.8. The van der Waals surface area contributed by atoms with Gasteiger partial charge in [-0.3, -0.25) is 4.79 Å². The molecule has 6 heteroatoms. The van der Waals surface area contributed by atoms with E-state index in [1.54, 1.807) is 30.3 Å². The monoisotopic (exact) mass is 366 g/mol. The van der Waals surface area contributed by atoms with Gasteiger partial charge in [-0.1, -0.05) is 30.3 Å². The minimum atomic E-state index is -0.170. The third kappa shape index (κ3) is 5.26. The molecule has 26 heavy (non-hydrogen) atoms. The number of hydrogen-bond acceptors (Lipinski definition) is 4. The van der Waals surface area contributed by atoms with Gasteiger partial charge in [0.15, 0.2) is 6.20 Å². The van der Waals surface area contributed by atoms with Gasteiger partial charge >= 0.3 is 0 Å². The van der Waals surface area contributed by atoms with Gasteiger partial charge in [-0.2, -0.15) is 4.73 Å². The van der Waals surface area contributed by atoms with Crippen molar-refractivity contribution < 1.29 is 14.3 Å². The first kappa shape index (κ1) is 17.8. The molecule has 0 unspecified atom stereocenters. The molecule has 2 aromatic carbocycles. The molecule has 0 aliphatic carbocycles. The van der Waals surface area contributed by atoms with Crippen LogP contribution in [0.3, 0.4) is 0 Å². The maximum absolute atomic E-state index is 12.0. The summed E-state index contributed by atoms with van der Waals surface area (Å²) < 4.78 is 6.46. The fourth-order valence-electron chi connectivity index (χ4n) is 2.24. The second kappa shape index (κ2) is 8.92. The zero-order chi connectivity index (χ0) is 18.2. The molecule has 1 heterocycles. The smallest absolute Gasteiger partial charge is 0.251 e. The zero-order valence-corrected chi connectivity index (χ0v) is 14.8. The van der Waals surface area contributed by atoms with Crippen LogP contribution < -0.4 is 14.8 Å². The van der Waals surface area contributed by atoms with Crippen LogP contribution in [0.1, 0.15) is 5.56 Å². The minimum Gasteiger partial charge on any atom is -0.618 e. The van der Waals surface area contributed by atoms with Gasteiger partial charge in [0.25, 0.3) is 5.03 Å². The van der Waals surface area contributed by atoms with Crippen LogP contribution in [0.25, 0.3) is 0 Å². The lowest BCUT2D eigenvalue weighted by Gasteiger charge is -2.08. The van der Waals surface area contributed by atoms with E-state index in [-0.39, 0.29) is 11.7 Å². The Hall–Kier alpha value is -2.99. The molecule has 3 aromatic rings. The fourth-order valence-corrected chi connectivity index (χ4v) is 2.95. The summed E-state index contributed by atoms with van der Waals surface area (Å²) in [7, 11) is 0. The van der Waals surface area contributed by atoms with E-state index in [0.29, 0.717) is 17.3 Å². The van der Waals surface area contributed by atoms with E-state index in [9.17, 15) is 10.0 Å². The molecule has 132 valence electrons. The van der Waals surface area contributed by atoms with Crippen LogP contribution in [0.15, 0.2) is 84.0 Å². The van der Waals surface area contributed by atoms with Crippen LogP contribution in [0.2, 0.25) is 0 Å². The highest BCUT2D eigenvalue weighted by atomic mass is 32.2. The molecular weight excluding hydrogens is 348 g/mol. The van der Waals surface area contributed by atoms with E-state index in [1.807, 2.05) is 42.5 Å². The maximum atomic E-state index is 12.0. The summed E-state index contributed by atoms with van der Waals surface area (Å²) in [5.74, 6) is 0.730. The van der Waals surface area contributed by atoms with E-state index < -0.39 is 0 Å². The maximum Gasteiger partial charge on any atom is 0.251 e. The summed E-state index contributed by atoms with van der Waals surface area (Å²) in [6.45, 7) is 0.495. The summed E-state index contributed by atoms with van der Waals surface area (Å²) in [4.78, 5) is 12.0. The van der Waals surface area contributed by atoms with Crippen molar-refractivity contribution in [2.45, 2.75) is 11.6 Å². The van der Waals surface area contributed by atoms with Gasteiger partial charge in [-0.25, -0.2) is 0 Å². The summed E-state index contributed by atoms with van der Waals surface area (Å²) >= 11 is 1.20. The van der Waals surface area contributed by atoms with Crippen molar-refractivity contribution in [1.82, 2.24) is 0 Å². The first-order chi connectivity index (χ1) is 12.7. The van der Waals surface area contributed by atoms with Gasteiger partial charge in [0.1, 0.15) is 12.4 Å². The average Bonchev–Trinajstić information content (AvgIpc) is 2.68. The zero-order valence-electron chi connectivity index (χ0n) is 14.0. The van der Waals surface area contributed by atoms with Crippen molar-refractivity contribution in [3.8, 4) is 5.75 Å². The first-order valence-corrected chi connectivity index (χ1v) is 9.07. The number of aromatic nitrogens is 1. The summed E-state index contributed by atoms with van der Waals surface area (Å²) in [6, 6.07) is 22.2. The highest BCUT2D eigenvalue weighted by Crippen LogP contribution is 2.18. The fraction of sp³-hybridized carbons (Fsp3) is 0.100. The lowest BCUT2D eigenvalue weighted by molar-refractivity contribution is -0.645. The highest BCUT2D eigenvalue weighted by molar-refractivity contribution is 7.99. The molecule has 0 atom stereocenters. The number of amides is 1. The quantitative estimate of drug-likeness (QED) is 0.394. The van der Waals surface area contributed by atoms with Crippen LogP contribution in [-0.4, -0.2) is 11.7 Å². The predicted octanol–water partition coefficient (Wildman–Crippen LogP) is 3.63. The van der Waals surface area contributed by atoms with E-state index >= 15 is 0 Å². The van der Waals surface area contributed by atoms with Crippen molar-refractivity contribution in [3.63, 3.8) is 0 Å². The van der Waals surface area contributed by atoms with Gasteiger partial charge in [0.05, 0.1) is 5.75 Å². The van der Waals surface area contributed by atoms with Crippen molar-refractivity contribution >= 4 is 23.4 Å². The standard InChI is InChI=1S/C20H18N2O3S/c23-19(15-26-20-8-4-5-13-22(20)24)21-17-9-11-18(12-10-17)25-14-16-6-2-1-3-7-16/h1-13H,14-15H2,(H,21,23). The Bertz CT molecular complexity index is 854. The van der Waals surface area contributed by atoms with Gasteiger partial charge in [0.2, 0.25) is 5.91 Å². The molecule has 0 spiro atoms. The SMILES string of the molecule is O=C(CSc1cccc[n+]1[O-])Nc1ccc(OCc2ccccc2)cc1. The summed E-state index contributed by atoms with van der Waals surface area (Å²) in [5.41, 5.74) is 1.78. The average molecular weight is 366 g/mol. The molecule has 5 nitrogen and oxygen atoms in total. The second-order valence-electron chi connectivity index (χ2n) is 5.50. The lowest BCUT2D eigenvalue weighted by Crippen LogP contribution is -2.28. The Kier molecular flexibility index (Phi) is 6.11. The minimum absolute atomic E-state index is 0.165. The van der Waals surface area contributed by atoms with Crippen molar-refractivity contribution in [3.05, 3.63) is 89.8 Å². The third-order valence-electron chi connectivity index (χ3n) is 3.53. The highest BCUT2D eigenvalue weighted by Gasteiger charge is 2.09. The molecule has 1 amide bonds. The molecule has 0 aliphatic rings. The first-order valence-electron chi connectivity index (χ1n) is 8.08. The number of hydrogen-bond donors (Lipinski definition) is 1. The van der Waals surface area contributed by atoms with E-state index in [0.717, 1.165) is 16.0 Å². The van der Waals surface area contributed by atoms with Gasteiger partial charge in [0, 0.05) is 17.8 Å². The molecule has 0 saturated carbocycles.